The minimum Gasteiger partial charge on any atom is -0.792 e. The Bertz CT molecular complexity index is 539. The summed E-state index contributed by atoms with van der Waals surface area (Å²) < 4.78 is 3.18. The van der Waals surface area contributed by atoms with Crippen LogP contribution in [0.25, 0.3) is 0 Å². The molecule has 0 atom stereocenters. The standard InChI is InChI=1S/C12H11IN2OS.BrH/c1-9-7-17-8-15(9)6-12(14-16)10-2-4-11(13)5-3-10;/h2-5,7-8H,6H2,1H3;1H/b14-12-;. The first-order valence-electron chi connectivity index (χ1n) is 5.08. The summed E-state index contributed by atoms with van der Waals surface area (Å²) in [4.78, 5) is 0. The summed E-state index contributed by atoms with van der Waals surface area (Å²) in [6, 6.07) is 7.82. The molecule has 0 radical (unpaired) electrons. The van der Waals surface area contributed by atoms with Gasteiger partial charge in [-0.2, -0.15) is 4.57 Å². The van der Waals surface area contributed by atoms with Crippen molar-refractivity contribution >= 4 is 56.6 Å². The molecule has 0 aliphatic rings. The van der Waals surface area contributed by atoms with Gasteiger partial charge in [0.25, 0.3) is 0 Å². The Morgan fingerprint density at radius 1 is 1.39 bits per heavy atom. The van der Waals surface area contributed by atoms with Crippen molar-refractivity contribution in [1.29, 1.82) is 0 Å². The van der Waals surface area contributed by atoms with Gasteiger partial charge in [0.15, 0.2) is 12.2 Å². The summed E-state index contributed by atoms with van der Waals surface area (Å²) in [7, 11) is 0. The fraction of sp³-hybridized carbons (Fsp3) is 0.167. The lowest BCUT2D eigenvalue weighted by Crippen LogP contribution is -2.38. The van der Waals surface area contributed by atoms with Crippen LogP contribution in [0.5, 0.6) is 0 Å². The van der Waals surface area contributed by atoms with Gasteiger partial charge in [-0.3, -0.25) is 0 Å². The van der Waals surface area contributed by atoms with Crippen molar-refractivity contribution < 1.29 is 4.57 Å². The number of rotatable bonds is 3. The van der Waals surface area contributed by atoms with Crippen molar-refractivity contribution in [3.05, 3.63) is 55.2 Å². The highest BCUT2D eigenvalue weighted by molar-refractivity contribution is 14.1. The van der Waals surface area contributed by atoms with Crippen LogP contribution in [0.15, 0.2) is 40.3 Å². The van der Waals surface area contributed by atoms with Crippen LogP contribution in [0.2, 0.25) is 0 Å². The number of aromatic nitrogens is 1. The Hall–Kier alpha value is -0.470. The molecular weight excluding hydrogens is 427 g/mol. The molecule has 2 aromatic rings. The molecule has 1 heterocycles. The van der Waals surface area contributed by atoms with Crippen LogP contribution < -0.4 is 4.57 Å². The second-order valence-corrected chi connectivity index (χ2v) is 5.64. The largest absolute Gasteiger partial charge is 0.792 e. The minimum atomic E-state index is 0. The van der Waals surface area contributed by atoms with Gasteiger partial charge in [-0.15, -0.1) is 17.0 Å². The highest BCUT2D eigenvalue weighted by Crippen LogP contribution is 2.09. The summed E-state index contributed by atoms with van der Waals surface area (Å²) in [5.74, 6) is 0. The van der Waals surface area contributed by atoms with Crippen LogP contribution in [-0.2, 0) is 6.54 Å². The molecule has 1 aromatic carbocycles. The van der Waals surface area contributed by atoms with E-state index in [1.165, 1.54) is 0 Å². The van der Waals surface area contributed by atoms with Crippen LogP contribution in [0.1, 0.15) is 11.3 Å². The molecule has 0 aliphatic heterocycles. The van der Waals surface area contributed by atoms with Crippen molar-refractivity contribution in [3.8, 4) is 0 Å². The van der Waals surface area contributed by atoms with Gasteiger partial charge in [0.05, 0.1) is 5.38 Å². The van der Waals surface area contributed by atoms with E-state index in [9.17, 15) is 5.21 Å². The number of aryl methyl sites for hydroxylation is 1. The lowest BCUT2D eigenvalue weighted by atomic mass is 10.1. The van der Waals surface area contributed by atoms with Crippen LogP contribution in [0.4, 0.5) is 0 Å². The molecule has 3 nitrogen and oxygen atoms in total. The van der Waals surface area contributed by atoms with Gasteiger partial charge < -0.3 is 10.4 Å². The SMILES string of the molecule is Br.Cc1csc[n+]1C/C(=N/[O-])c1ccc(I)cc1. The molecule has 0 saturated carbocycles. The zero-order chi connectivity index (χ0) is 12.3. The topological polar surface area (TPSA) is 39.3 Å². The molecule has 96 valence electrons. The maximum atomic E-state index is 10.9. The van der Waals surface area contributed by atoms with Crippen LogP contribution in [0.3, 0.4) is 0 Å². The van der Waals surface area contributed by atoms with Gasteiger partial charge >= 0.3 is 0 Å². The van der Waals surface area contributed by atoms with E-state index >= 15 is 0 Å². The zero-order valence-corrected chi connectivity index (χ0v) is 14.4. The van der Waals surface area contributed by atoms with E-state index in [4.69, 9.17) is 0 Å². The Kier molecular flexibility index (Phi) is 6.24. The number of halogens is 2. The third-order valence-electron chi connectivity index (χ3n) is 2.49. The van der Waals surface area contributed by atoms with Gasteiger partial charge in [0.1, 0.15) is 5.71 Å². The Morgan fingerprint density at radius 3 is 2.56 bits per heavy atom. The van der Waals surface area contributed by atoms with Crippen LogP contribution >= 0.6 is 50.9 Å². The molecule has 0 aliphatic carbocycles. The molecule has 2 rings (SSSR count). The Morgan fingerprint density at radius 2 is 2.06 bits per heavy atom. The van der Waals surface area contributed by atoms with E-state index in [0.717, 1.165) is 14.8 Å². The van der Waals surface area contributed by atoms with E-state index in [1.807, 2.05) is 41.3 Å². The normalized spacial score (nSPS) is 11.1. The maximum Gasteiger partial charge on any atom is 0.225 e. The van der Waals surface area contributed by atoms with Crippen molar-refractivity contribution in [2.45, 2.75) is 13.5 Å². The third kappa shape index (κ3) is 3.76. The van der Waals surface area contributed by atoms with Crippen molar-refractivity contribution in [1.82, 2.24) is 0 Å². The lowest BCUT2D eigenvalue weighted by molar-refractivity contribution is -0.682. The molecule has 0 spiro atoms. The molecule has 0 bridgehead atoms. The molecule has 0 amide bonds. The van der Waals surface area contributed by atoms with E-state index in [-0.39, 0.29) is 17.0 Å². The van der Waals surface area contributed by atoms with Gasteiger partial charge in [-0.05, 0) is 34.7 Å². The number of nitrogens with zero attached hydrogens (tertiary/aromatic N) is 2. The summed E-state index contributed by atoms with van der Waals surface area (Å²) >= 11 is 3.86. The van der Waals surface area contributed by atoms with E-state index in [0.29, 0.717) is 12.3 Å². The van der Waals surface area contributed by atoms with Crippen molar-refractivity contribution in [2.24, 2.45) is 5.16 Å². The molecule has 0 N–H and O–H groups in total. The smallest absolute Gasteiger partial charge is 0.225 e. The predicted octanol–water partition coefficient (Wildman–Crippen LogP) is 3.51. The summed E-state index contributed by atoms with van der Waals surface area (Å²) in [6.45, 7) is 2.55. The average Bonchev–Trinajstić information content (AvgIpc) is 2.73. The van der Waals surface area contributed by atoms with Gasteiger partial charge in [-0.1, -0.05) is 23.5 Å². The predicted molar refractivity (Wildman–Crippen MR) is 88.6 cm³/mol. The molecular formula is C12H12BrIN2OS. The van der Waals surface area contributed by atoms with Gasteiger partial charge in [0.2, 0.25) is 5.51 Å². The van der Waals surface area contributed by atoms with E-state index < -0.39 is 0 Å². The molecule has 6 heteroatoms. The van der Waals surface area contributed by atoms with Gasteiger partial charge in [-0.25, -0.2) is 0 Å². The Labute approximate surface area is 134 Å². The highest BCUT2D eigenvalue weighted by atomic mass is 127. The lowest BCUT2D eigenvalue weighted by Gasteiger charge is -2.06. The fourth-order valence-corrected chi connectivity index (χ4v) is 2.63. The van der Waals surface area contributed by atoms with E-state index in [2.05, 4.69) is 33.1 Å². The molecule has 0 fully saturated rings. The maximum absolute atomic E-state index is 10.9. The second-order valence-electron chi connectivity index (χ2n) is 3.67. The first-order chi connectivity index (χ1) is 8.20. The van der Waals surface area contributed by atoms with Gasteiger partial charge in [0, 0.05) is 16.1 Å². The third-order valence-corrected chi connectivity index (χ3v) is 4.06. The van der Waals surface area contributed by atoms with E-state index in [1.54, 1.807) is 11.3 Å². The number of hydrogen-bond acceptors (Lipinski definition) is 3. The second kappa shape index (κ2) is 7.20. The fourth-order valence-electron chi connectivity index (χ4n) is 1.49. The molecule has 18 heavy (non-hydrogen) atoms. The number of thiazole rings is 1. The summed E-state index contributed by atoms with van der Waals surface area (Å²) in [5.41, 5.74) is 4.58. The first-order valence-corrected chi connectivity index (χ1v) is 7.10. The number of benzene rings is 1. The molecule has 0 unspecified atom stereocenters. The highest BCUT2D eigenvalue weighted by Gasteiger charge is 2.12. The minimum absolute atomic E-state index is 0. The number of hydrogen-bond donors (Lipinski definition) is 0. The summed E-state index contributed by atoms with van der Waals surface area (Å²) in [5, 5.41) is 16.1. The van der Waals surface area contributed by atoms with Crippen LogP contribution in [-0.4, -0.2) is 5.71 Å². The van der Waals surface area contributed by atoms with Crippen molar-refractivity contribution in [2.75, 3.05) is 0 Å². The summed E-state index contributed by atoms with van der Waals surface area (Å²) in [6.07, 6.45) is 0. The van der Waals surface area contributed by atoms with Crippen LogP contribution in [0, 0.1) is 15.7 Å². The Balaban J connectivity index is 0.00000162. The quantitative estimate of drug-likeness (QED) is 0.313. The average molecular weight is 439 g/mol. The zero-order valence-electron chi connectivity index (χ0n) is 9.67. The molecule has 1 aromatic heterocycles. The monoisotopic (exact) mass is 438 g/mol. The first kappa shape index (κ1) is 15.6. The molecule has 0 saturated heterocycles. The van der Waals surface area contributed by atoms with Crippen molar-refractivity contribution in [3.63, 3.8) is 0 Å².